The lowest BCUT2D eigenvalue weighted by Gasteiger charge is -2.38. The van der Waals surface area contributed by atoms with Crippen molar-refractivity contribution in [3.8, 4) is 0 Å². The molecule has 0 bridgehead atoms. The minimum Gasteiger partial charge on any atom is -0.341 e. The van der Waals surface area contributed by atoms with E-state index in [0.717, 1.165) is 19.1 Å². The van der Waals surface area contributed by atoms with E-state index in [1.807, 2.05) is 0 Å². The molecule has 2 atom stereocenters. The van der Waals surface area contributed by atoms with Crippen LogP contribution in [0.5, 0.6) is 0 Å². The van der Waals surface area contributed by atoms with Crippen LogP contribution < -0.4 is 5.32 Å². The van der Waals surface area contributed by atoms with Crippen molar-refractivity contribution in [3.63, 3.8) is 0 Å². The second kappa shape index (κ2) is 6.05. The average molecular weight is 252 g/mol. The van der Waals surface area contributed by atoms with Gasteiger partial charge in [-0.05, 0) is 31.1 Å². The Balaban J connectivity index is 1.89. The molecule has 1 heterocycles. The molecule has 0 spiro atoms. The molecule has 0 aromatic carbocycles. The largest absolute Gasteiger partial charge is 0.341 e. The van der Waals surface area contributed by atoms with Gasteiger partial charge in [-0.25, -0.2) is 0 Å². The molecule has 18 heavy (non-hydrogen) atoms. The number of hydrogen-bond donors (Lipinski definition) is 1. The molecule has 2 unspecified atom stereocenters. The maximum absolute atomic E-state index is 12.2. The summed E-state index contributed by atoms with van der Waals surface area (Å²) in [4.78, 5) is 14.3. The van der Waals surface area contributed by atoms with Crippen LogP contribution in [0.15, 0.2) is 0 Å². The van der Waals surface area contributed by atoms with E-state index in [1.165, 1.54) is 25.7 Å². The van der Waals surface area contributed by atoms with Crippen LogP contribution in [0.4, 0.5) is 0 Å². The summed E-state index contributed by atoms with van der Waals surface area (Å²) in [5.74, 6) is 1.51. The summed E-state index contributed by atoms with van der Waals surface area (Å²) in [5, 5.41) is 3.70. The number of amides is 1. The van der Waals surface area contributed by atoms with E-state index in [0.29, 0.717) is 30.2 Å². The zero-order valence-corrected chi connectivity index (χ0v) is 12.1. The van der Waals surface area contributed by atoms with Gasteiger partial charge >= 0.3 is 0 Å². The van der Waals surface area contributed by atoms with Crippen LogP contribution in [0.3, 0.4) is 0 Å². The minimum atomic E-state index is 0.353. The normalized spacial score (nSPS) is 28.8. The van der Waals surface area contributed by atoms with Crippen LogP contribution >= 0.6 is 0 Å². The molecule has 2 rings (SSSR count). The van der Waals surface area contributed by atoms with Gasteiger partial charge in [0.05, 0.1) is 0 Å². The molecular formula is C15H28N2O. The third-order valence-electron chi connectivity index (χ3n) is 4.10. The smallest absolute Gasteiger partial charge is 0.222 e. The van der Waals surface area contributed by atoms with Gasteiger partial charge in [-0.1, -0.05) is 27.2 Å². The van der Waals surface area contributed by atoms with E-state index in [1.54, 1.807) is 0 Å². The van der Waals surface area contributed by atoms with Crippen molar-refractivity contribution in [2.75, 3.05) is 13.1 Å². The topological polar surface area (TPSA) is 32.3 Å². The average Bonchev–Trinajstić information content (AvgIpc) is 3.11. The Bertz CT molecular complexity index is 286. The van der Waals surface area contributed by atoms with Gasteiger partial charge in [0.25, 0.3) is 0 Å². The maximum atomic E-state index is 12.2. The van der Waals surface area contributed by atoms with Crippen molar-refractivity contribution in [1.29, 1.82) is 0 Å². The molecule has 1 N–H and O–H groups in total. The van der Waals surface area contributed by atoms with Crippen LogP contribution in [0.2, 0.25) is 0 Å². The van der Waals surface area contributed by atoms with Crippen molar-refractivity contribution in [2.24, 2.45) is 11.8 Å². The first kappa shape index (κ1) is 13.9. The highest BCUT2D eigenvalue weighted by molar-refractivity contribution is 5.76. The number of nitrogens with zero attached hydrogens (tertiary/aromatic N) is 1. The molecule has 3 nitrogen and oxygen atoms in total. The van der Waals surface area contributed by atoms with E-state index in [9.17, 15) is 4.79 Å². The summed E-state index contributed by atoms with van der Waals surface area (Å²) in [6.45, 7) is 8.40. The highest BCUT2D eigenvalue weighted by atomic mass is 16.2. The molecule has 0 aromatic heterocycles. The van der Waals surface area contributed by atoms with Crippen molar-refractivity contribution in [1.82, 2.24) is 10.2 Å². The lowest BCUT2D eigenvalue weighted by Crippen LogP contribution is -2.51. The second-order valence-electron chi connectivity index (χ2n) is 6.54. The summed E-state index contributed by atoms with van der Waals surface area (Å²) >= 11 is 0. The molecule has 1 aliphatic carbocycles. The van der Waals surface area contributed by atoms with Crippen LogP contribution in [-0.2, 0) is 4.79 Å². The lowest BCUT2D eigenvalue weighted by atomic mass is 9.91. The van der Waals surface area contributed by atoms with Crippen LogP contribution in [-0.4, -0.2) is 36.0 Å². The molecule has 2 aliphatic rings. The molecule has 1 aliphatic heterocycles. The Morgan fingerprint density at radius 2 is 2.00 bits per heavy atom. The summed E-state index contributed by atoms with van der Waals surface area (Å²) in [6.07, 6.45) is 5.79. The Morgan fingerprint density at radius 1 is 1.28 bits per heavy atom. The SMILES string of the molecule is CCC1CC(NC2CC2)CN(C(=O)CC(C)C)C1. The molecule has 2 fully saturated rings. The van der Waals surface area contributed by atoms with Crippen molar-refractivity contribution >= 4 is 5.91 Å². The third kappa shape index (κ3) is 3.98. The van der Waals surface area contributed by atoms with E-state index >= 15 is 0 Å². The van der Waals surface area contributed by atoms with Gasteiger partial charge in [0, 0.05) is 31.6 Å². The zero-order chi connectivity index (χ0) is 13.1. The Kier molecular flexibility index (Phi) is 4.66. The van der Waals surface area contributed by atoms with Crippen molar-refractivity contribution < 1.29 is 4.79 Å². The number of likely N-dealkylation sites (tertiary alicyclic amines) is 1. The van der Waals surface area contributed by atoms with Crippen molar-refractivity contribution in [2.45, 2.75) is 65.0 Å². The van der Waals surface area contributed by atoms with Gasteiger partial charge in [0.1, 0.15) is 0 Å². The summed E-state index contributed by atoms with van der Waals surface area (Å²) in [5.41, 5.74) is 0. The Hall–Kier alpha value is -0.570. The number of carbonyl (C=O) groups excluding carboxylic acids is 1. The molecule has 0 aromatic rings. The third-order valence-corrected chi connectivity index (χ3v) is 4.10. The number of hydrogen-bond acceptors (Lipinski definition) is 2. The molecule has 0 radical (unpaired) electrons. The van der Waals surface area contributed by atoms with Gasteiger partial charge < -0.3 is 10.2 Å². The fraction of sp³-hybridized carbons (Fsp3) is 0.933. The number of nitrogens with one attached hydrogen (secondary N) is 1. The minimum absolute atomic E-state index is 0.353. The fourth-order valence-electron chi connectivity index (χ4n) is 2.89. The van der Waals surface area contributed by atoms with Gasteiger partial charge in [0.2, 0.25) is 5.91 Å². The van der Waals surface area contributed by atoms with E-state index in [-0.39, 0.29) is 0 Å². The first-order chi connectivity index (χ1) is 8.58. The van der Waals surface area contributed by atoms with Crippen LogP contribution in [0.1, 0.15) is 52.9 Å². The summed E-state index contributed by atoms with van der Waals surface area (Å²) < 4.78 is 0. The predicted octanol–water partition coefficient (Wildman–Crippen LogP) is 2.41. The highest BCUT2D eigenvalue weighted by Crippen LogP contribution is 2.25. The molecular weight excluding hydrogens is 224 g/mol. The number of rotatable bonds is 5. The van der Waals surface area contributed by atoms with Crippen LogP contribution in [0, 0.1) is 11.8 Å². The predicted molar refractivity (Wildman–Crippen MR) is 74.4 cm³/mol. The van der Waals surface area contributed by atoms with Gasteiger partial charge in [0.15, 0.2) is 0 Å². The molecule has 1 amide bonds. The van der Waals surface area contributed by atoms with Gasteiger partial charge in [-0.15, -0.1) is 0 Å². The second-order valence-corrected chi connectivity index (χ2v) is 6.54. The number of carbonyl (C=O) groups is 1. The van der Waals surface area contributed by atoms with Gasteiger partial charge in [-0.3, -0.25) is 4.79 Å². The molecule has 104 valence electrons. The molecule has 1 saturated heterocycles. The van der Waals surface area contributed by atoms with E-state index < -0.39 is 0 Å². The number of piperidine rings is 1. The van der Waals surface area contributed by atoms with E-state index in [4.69, 9.17) is 0 Å². The van der Waals surface area contributed by atoms with Crippen LogP contribution in [0.25, 0.3) is 0 Å². The lowest BCUT2D eigenvalue weighted by molar-refractivity contribution is -0.134. The monoisotopic (exact) mass is 252 g/mol. The van der Waals surface area contributed by atoms with E-state index in [2.05, 4.69) is 31.0 Å². The molecule has 3 heteroatoms. The zero-order valence-electron chi connectivity index (χ0n) is 12.1. The van der Waals surface area contributed by atoms with Gasteiger partial charge in [-0.2, -0.15) is 0 Å². The maximum Gasteiger partial charge on any atom is 0.222 e. The quantitative estimate of drug-likeness (QED) is 0.815. The van der Waals surface area contributed by atoms with Crippen molar-refractivity contribution in [3.05, 3.63) is 0 Å². The summed E-state index contributed by atoms with van der Waals surface area (Å²) in [7, 11) is 0. The molecule has 1 saturated carbocycles. The fourth-order valence-corrected chi connectivity index (χ4v) is 2.89. The first-order valence-electron chi connectivity index (χ1n) is 7.62. The first-order valence-corrected chi connectivity index (χ1v) is 7.62. The summed E-state index contributed by atoms with van der Waals surface area (Å²) in [6, 6.07) is 1.28. The Morgan fingerprint density at radius 3 is 2.56 bits per heavy atom. The Labute approximate surface area is 111 Å². The standard InChI is InChI=1S/C15H28N2O/c1-4-12-8-14(16-13-5-6-13)10-17(9-12)15(18)7-11(2)3/h11-14,16H,4-10H2,1-3H3. The highest BCUT2D eigenvalue weighted by Gasteiger charge is 2.32.